The van der Waals surface area contributed by atoms with Crippen LogP contribution >= 0.6 is 11.3 Å². The van der Waals surface area contributed by atoms with Crippen LogP contribution in [0.25, 0.3) is 0 Å². The van der Waals surface area contributed by atoms with Crippen LogP contribution in [0.15, 0.2) is 47.9 Å². The number of Topliss-reactive ketones (excluding diaryl/α,β-unsaturated/α-hetero) is 1. The predicted octanol–water partition coefficient (Wildman–Crippen LogP) is 3.81. The van der Waals surface area contributed by atoms with E-state index < -0.39 is 29.6 Å². The van der Waals surface area contributed by atoms with E-state index in [2.05, 4.69) is 10.6 Å². The van der Waals surface area contributed by atoms with E-state index in [1.807, 2.05) is 0 Å². The Bertz CT molecular complexity index is 994. The van der Waals surface area contributed by atoms with Crippen molar-refractivity contribution in [3.8, 4) is 0 Å². The van der Waals surface area contributed by atoms with E-state index in [0.29, 0.717) is 29.1 Å². The zero-order valence-corrected chi connectivity index (χ0v) is 16.5. The van der Waals surface area contributed by atoms with Crippen LogP contribution in [0.1, 0.15) is 40.5 Å². The third-order valence-electron chi connectivity index (χ3n) is 4.76. The Morgan fingerprint density at radius 1 is 1.03 bits per heavy atom. The first-order chi connectivity index (χ1) is 13.9. The zero-order valence-electron chi connectivity index (χ0n) is 15.7. The Morgan fingerprint density at radius 3 is 2.45 bits per heavy atom. The molecule has 0 saturated heterocycles. The van der Waals surface area contributed by atoms with Crippen molar-refractivity contribution >= 4 is 45.6 Å². The van der Waals surface area contributed by atoms with Crippen molar-refractivity contribution < 1.29 is 24.3 Å². The average Bonchev–Trinajstić information content (AvgIpc) is 3.16. The first kappa shape index (κ1) is 20.5. The standard InChI is InChI=1S/C21H20N2O5S/c1-12(24)13-5-4-6-14(11-13)22-19(26)17-9-10-29-20(17)23-18(25)15-7-2-3-8-16(15)21(27)28/h2-6,9-11,15-16H,7-8H2,1H3,(H,22,26)(H,23,25)(H,27,28). The van der Waals surface area contributed by atoms with E-state index in [-0.39, 0.29) is 11.3 Å². The van der Waals surface area contributed by atoms with Gasteiger partial charge in [-0.2, -0.15) is 0 Å². The minimum atomic E-state index is -1.01. The smallest absolute Gasteiger partial charge is 0.307 e. The second-order valence-corrected chi connectivity index (χ2v) is 7.65. The molecule has 3 rings (SSSR count). The van der Waals surface area contributed by atoms with Gasteiger partial charge in [-0.3, -0.25) is 19.2 Å². The zero-order chi connectivity index (χ0) is 21.0. The summed E-state index contributed by atoms with van der Waals surface area (Å²) < 4.78 is 0. The first-order valence-corrected chi connectivity index (χ1v) is 9.93. The summed E-state index contributed by atoms with van der Waals surface area (Å²) in [6, 6.07) is 8.16. The van der Waals surface area contributed by atoms with E-state index in [9.17, 15) is 24.3 Å². The lowest BCUT2D eigenvalue weighted by atomic mass is 9.82. The number of allylic oxidation sites excluding steroid dienone is 2. The molecule has 0 fully saturated rings. The van der Waals surface area contributed by atoms with Crippen molar-refractivity contribution in [1.82, 2.24) is 0 Å². The van der Waals surface area contributed by atoms with Gasteiger partial charge < -0.3 is 15.7 Å². The highest BCUT2D eigenvalue weighted by Crippen LogP contribution is 2.30. The fraction of sp³-hybridized carbons (Fsp3) is 0.238. The number of carbonyl (C=O) groups is 4. The maximum atomic E-state index is 12.7. The number of carbonyl (C=O) groups excluding carboxylic acids is 3. The molecule has 1 aromatic carbocycles. The van der Waals surface area contributed by atoms with Crippen molar-refractivity contribution in [2.75, 3.05) is 10.6 Å². The van der Waals surface area contributed by atoms with E-state index in [0.717, 1.165) is 0 Å². The summed E-state index contributed by atoms with van der Waals surface area (Å²) in [5, 5.41) is 16.8. The lowest BCUT2D eigenvalue weighted by Gasteiger charge is -2.24. The van der Waals surface area contributed by atoms with Crippen LogP contribution in [0.5, 0.6) is 0 Å². The van der Waals surface area contributed by atoms with Crippen LogP contribution < -0.4 is 10.6 Å². The molecular formula is C21H20N2O5S. The molecule has 1 aliphatic carbocycles. The largest absolute Gasteiger partial charge is 0.481 e. The van der Waals surface area contributed by atoms with Crippen LogP contribution in [0.3, 0.4) is 0 Å². The maximum absolute atomic E-state index is 12.7. The van der Waals surface area contributed by atoms with E-state index >= 15 is 0 Å². The van der Waals surface area contributed by atoms with Gasteiger partial charge in [-0.15, -0.1) is 11.3 Å². The van der Waals surface area contributed by atoms with Crippen molar-refractivity contribution in [3.63, 3.8) is 0 Å². The van der Waals surface area contributed by atoms with Crippen molar-refractivity contribution in [3.05, 3.63) is 59.0 Å². The van der Waals surface area contributed by atoms with Crippen LogP contribution in [0.2, 0.25) is 0 Å². The van der Waals surface area contributed by atoms with Crippen molar-refractivity contribution in [2.24, 2.45) is 11.8 Å². The SMILES string of the molecule is CC(=O)c1cccc(NC(=O)c2ccsc2NC(=O)C2CC=CCC2C(=O)O)c1. The van der Waals surface area contributed by atoms with Crippen LogP contribution in [0, 0.1) is 11.8 Å². The molecule has 2 amide bonds. The van der Waals surface area contributed by atoms with Gasteiger partial charge in [-0.1, -0.05) is 24.3 Å². The van der Waals surface area contributed by atoms with E-state index in [1.165, 1.54) is 18.3 Å². The molecule has 0 radical (unpaired) electrons. The van der Waals surface area contributed by atoms with Gasteiger partial charge in [-0.25, -0.2) is 0 Å². The second kappa shape index (κ2) is 8.83. The summed E-state index contributed by atoms with van der Waals surface area (Å²) in [7, 11) is 0. The summed E-state index contributed by atoms with van der Waals surface area (Å²) >= 11 is 1.19. The van der Waals surface area contributed by atoms with Gasteiger partial charge in [0.2, 0.25) is 5.91 Å². The lowest BCUT2D eigenvalue weighted by Crippen LogP contribution is -2.34. The molecule has 7 nitrogen and oxygen atoms in total. The summed E-state index contributed by atoms with van der Waals surface area (Å²) in [6.07, 6.45) is 4.21. The average molecular weight is 412 g/mol. The molecule has 150 valence electrons. The molecular weight excluding hydrogens is 392 g/mol. The molecule has 0 spiro atoms. The van der Waals surface area contributed by atoms with Crippen LogP contribution in [-0.4, -0.2) is 28.7 Å². The van der Waals surface area contributed by atoms with Gasteiger partial charge in [0.05, 0.1) is 17.4 Å². The summed E-state index contributed by atoms with van der Waals surface area (Å²) in [4.78, 5) is 48.3. The Balaban J connectivity index is 1.73. The number of carboxylic acid groups (broad SMARTS) is 1. The molecule has 0 aliphatic heterocycles. The van der Waals surface area contributed by atoms with Gasteiger partial charge >= 0.3 is 5.97 Å². The van der Waals surface area contributed by atoms with E-state index in [4.69, 9.17) is 0 Å². The van der Waals surface area contributed by atoms with Gasteiger partial charge in [0.25, 0.3) is 5.91 Å². The molecule has 2 atom stereocenters. The number of hydrogen-bond donors (Lipinski definition) is 3. The fourth-order valence-electron chi connectivity index (χ4n) is 3.18. The maximum Gasteiger partial charge on any atom is 0.307 e. The molecule has 0 bridgehead atoms. The number of ketones is 1. The van der Waals surface area contributed by atoms with Gasteiger partial charge in [0.1, 0.15) is 5.00 Å². The topological polar surface area (TPSA) is 113 Å². The van der Waals surface area contributed by atoms with Gasteiger partial charge in [-0.05, 0) is 43.3 Å². The molecule has 8 heteroatoms. The quantitative estimate of drug-likeness (QED) is 0.493. The Kier molecular flexibility index (Phi) is 6.23. The number of nitrogens with one attached hydrogen (secondary N) is 2. The number of aliphatic carboxylic acids is 1. The molecule has 2 unspecified atom stereocenters. The van der Waals surface area contributed by atoms with Crippen LogP contribution in [-0.2, 0) is 9.59 Å². The predicted molar refractivity (Wildman–Crippen MR) is 110 cm³/mol. The third-order valence-corrected chi connectivity index (χ3v) is 5.59. The first-order valence-electron chi connectivity index (χ1n) is 9.05. The Morgan fingerprint density at radius 2 is 1.76 bits per heavy atom. The summed E-state index contributed by atoms with van der Waals surface area (Å²) in [5.41, 5.74) is 1.22. The van der Waals surface area contributed by atoms with Crippen molar-refractivity contribution in [1.29, 1.82) is 0 Å². The summed E-state index contributed by atoms with van der Waals surface area (Å²) in [5.74, 6) is -3.45. The number of carboxylic acids is 1. The number of thiophene rings is 1. The number of amides is 2. The highest BCUT2D eigenvalue weighted by Gasteiger charge is 2.34. The normalized spacial score (nSPS) is 18.1. The molecule has 1 aliphatic rings. The molecule has 1 aromatic heterocycles. The highest BCUT2D eigenvalue weighted by atomic mass is 32.1. The molecule has 1 heterocycles. The monoisotopic (exact) mass is 412 g/mol. The number of benzene rings is 1. The second-order valence-electron chi connectivity index (χ2n) is 6.74. The number of anilines is 2. The molecule has 29 heavy (non-hydrogen) atoms. The van der Waals surface area contributed by atoms with Gasteiger partial charge in [0.15, 0.2) is 5.78 Å². The molecule has 0 saturated carbocycles. The third kappa shape index (κ3) is 4.78. The minimum absolute atomic E-state index is 0.112. The Labute approximate surface area is 171 Å². The van der Waals surface area contributed by atoms with Gasteiger partial charge in [0, 0.05) is 11.3 Å². The Hall–Kier alpha value is -3.26. The fourth-order valence-corrected chi connectivity index (χ4v) is 3.97. The number of hydrogen-bond acceptors (Lipinski definition) is 5. The molecule has 3 N–H and O–H groups in total. The minimum Gasteiger partial charge on any atom is -0.481 e. The summed E-state index contributed by atoms with van der Waals surface area (Å²) in [6.45, 7) is 1.44. The van der Waals surface area contributed by atoms with Crippen LogP contribution in [0.4, 0.5) is 10.7 Å². The lowest BCUT2D eigenvalue weighted by molar-refractivity contribution is -0.146. The van der Waals surface area contributed by atoms with E-state index in [1.54, 1.807) is 47.9 Å². The van der Waals surface area contributed by atoms with Crippen molar-refractivity contribution in [2.45, 2.75) is 19.8 Å². The number of rotatable bonds is 6. The highest BCUT2D eigenvalue weighted by molar-refractivity contribution is 7.14. The molecule has 2 aromatic rings.